The highest BCUT2D eigenvalue weighted by Gasteiger charge is 2.26. The first-order valence-corrected chi connectivity index (χ1v) is 8.20. The molecule has 106 valence electrons. The van der Waals surface area contributed by atoms with E-state index in [2.05, 4.69) is 16.6 Å². The minimum absolute atomic E-state index is 0.192. The van der Waals surface area contributed by atoms with Crippen LogP contribution in [0.15, 0.2) is 6.07 Å². The van der Waals surface area contributed by atoms with Crippen LogP contribution in [-0.2, 0) is 4.79 Å². The van der Waals surface area contributed by atoms with Crippen LogP contribution in [0.4, 0.5) is 5.00 Å². The van der Waals surface area contributed by atoms with Crippen LogP contribution in [0.5, 0.6) is 0 Å². The number of amides is 1. The monoisotopic (exact) mass is 280 g/mol. The Balaban J connectivity index is 1.76. The van der Waals surface area contributed by atoms with Gasteiger partial charge in [0, 0.05) is 5.92 Å². The maximum Gasteiger partial charge on any atom is 0.228 e. The number of hydrogen-bond acceptors (Lipinski definition) is 3. The zero-order valence-electron chi connectivity index (χ0n) is 11.9. The van der Waals surface area contributed by atoms with Crippen LogP contribution < -0.4 is 5.32 Å². The minimum Gasteiger partial charge on any atom is -0.316 e. The molecule has 1 amide bonds. The topological polar surface area (TPSA) is 42.0 Å². The van der Waals surface area contributed by atoms with Gasteiger partial charge in [0.1, 0.15) is 5.00 Å². The maximum absolute atomic E-state index is 12.2. The Bertz CT molecular complexity index is 408. The first-order valence-electron chi connectivity index (χ1n) is 7.43. The lowest BCUT2D eigenvalue weighted by Crippen LogP contribution is -2.26. The molecule has 2 rings (SSSR count). The van der Waals surface area contributed by atoms with Crippen molar-refractivity contribution in [1.82, 2.24) is 4.37 Å². The standard InChI is InChI=1S/C15H24N2OS/c1-3-4-5-12-6-8-13(9-7-12)15(18)16-14-10-11(2)17-19-14/h10,12-13H,3-9H2,1-2H3,(H,16,18). The molecule has 4 heteroatoms. The van der Waals surface area contributed by atoms with Gasteiger partial charge in [-0.05, 0) is 56.1 Å². The van der Waals surface area contributed by atoms with E-state index in [9.17, 15) is 4.79 Å². The molecular weight excluding hydrogens is 256 g/mol. The molecule has 0 bridgehead atoms. The van der Waals surface area contributed by atoms with Crippen molar-refractivity contribution in [2.45, 2.75) is 58.8 Å². The number of unbranched alkanes of at least 4 members (excludes halogenated alkanes) is 1. The maximum atomic E-state index is 12.2. The van der Waals surface area contributed by atoms with E-state index in [1.165, 1.54) is 43.6 Å². The van der Waals surface area contributed by atoms with Crippen LogP contribution in [0.25, 0.3) is 0 Å². The average molecular weight is 280 g/mol. The number of aryl methyl sites for hydroxylation is 1. The fraction of sp³-hybridized carbons (Fsp3) is 0.733. The molecule has 1 N–H and O–H groups in total. The molecule has 0 atom stereocenters. The van der Waals surface area contributed by atoms with E-state index in [0.717, 1.165) is 29.5 Å². The molecule has 1 aliphatic rings. The summed E-state index contributed by atoms with van der Waals surface area (Å²) < 4.78 is 4.19. The van der Waals surface area contributed by atoms with Gasteiger partial charge in [-0.15, -0.1) is 0 Å². The Morgan fingerprint density at radius 1 is 1.42 bits per heavy atom. The Hall–Kier alpha value is -0.900. The third kappa shape index (κ3) is 4.30. The predicted molar refractivity (Wildman–Crippen MR) is 80.5 cm³/mol. The average Bonchev–Trinajstić information content (AvgIpc) is 2.82. The summed E-state index contributed by atoms with van der Waals surface area (Å²) in [5.74, 6) is 1.26. The summed E-state index contributed by atoms with van der Waals surface area (Å²) in [6.45, 7) is 4.20. The zero-order chi connectivity index (χ0) is 13.7. The SMILES string of the molecule is CCCCC1CCC(C(=O)Nc2cc(C)ns2)CC1. The molecule has 1 saturated carbocycles. The van der Waals surface area contributed by atoms with Gasteiger partial charge in [0.05, 0.1) is 5.69 Å². The highest BCUT2D eigenvalue weighted by atomic mass is 32.1. The Morgan fingerprint density at radius 2 is 2.16 bits per heavy atom. The van der Waals surface area contributed by atoms with Gasteiger partial charge in [-0.2, -0.15) is 4.37 Å². The first-order chi connectivity index (χ1) is 9.19. The molecule has 1 aromatic rings. The molecule has 3 nitrogen and oxygen atoms in total. The zero-order valence-corrected chi connectivity index (χ0v) is 12.8. The number of nitrogens with one attached hydrogen (secondary N) is 1. The van der Waals surface area contributed by atoms with Gasteiger partial charge in [-0.1, -0.05) is 26.2 Å². The molecule has 0 aliphatic heterocycles. The van der Waals surface area contributed by atoms with E-state index in [1.807, 2.05) is 13.0 Å². The van der Waals surface area contributed by atoms with Crippen molar-refractivity contribution < 1.29 is 4.79 Å². The lowest BCUT2D eigenvalue weighted by Gasteiger charge is -2.27. The minimum atomic E-state index is 0.192. The van der Waals surface area contributed by atoms with Crippen LogP contribution in [-0.4, -0.2) is 10.3 Å². The van der Waals surface area contributed by atoms with Crippen molar-refractivity contribution in [3.8, 4) is 0 Å². The number of aromatic nitrogens is 1. The molecule has 0 unspecified atom stereocenters. The quantitative estimate of drug-likeness (QED) is 0.869. The van der Waals surface area contributed by atoms with Crippen molar-refractivity contribution in [2.75, 3.05) is 5.32 Å². The summed E-state index contributed by atoms with van der Waals surface area (Å²) in [6, 6.07) is 1.94. The lowest BCUT2D eigenvalue weighted by atomic mass is 9.79. The number of hydrogen-bond donors (Lipinski definition) is 1. The summed E-state index contributed by atoms with van der Waals surface area (Å²) in [7, 11) is 0. The number of carbonyl (C=O) groups is 1. The fourth-order valence-electron chi connectivity index (χ4n) is 2.85. The molecule has 1 aliphatic carbocycles. The second-order valence-corrected chi connectivity index (χ2v) is 6.49. The molecule has 1 heterocycles. The van der Waals surface area contributed by atoms with E-state index >= 15 is 0 Å². The summed E-state index contributed by atoms with van der Waals surface area (Å²) in [4.78, 5) is 12.2. The molecule has 0 aromatic carbocycles. The van der Waals surface area contributed by atoms with Crippen molar-refractivity contribution in [3.05, 3.63) is 11.8 Å². The van der Waals surface area contributed by atoms with Crippen LogP contribution in [0, 0.1) is 18.8 Å². The first kappa shape index (κ1) is 14.5. The molecule has 19 heavy (non-hydrogen) atoms. The van der Waals surface area contributed by atoms with Gasteiger partial charge in [-0.25, -0.2) is 0 Å². The van der Waals surface area contributed by atoms with E-state index in [0.29, 0.717) is 0 Å². The molecule has 1 aromatic heterocycles. The van der Waals surface area contributed by atoms with Crippen LogP contribution in [0.1, 0.15) is 57.6 Å². The Kier molecular flexibility index (Phi) is 5.37. The summed E-state index contributed by atoms with van der Waals surface area (Å²) in [5.41, 5.74) is 0.976. The van der Waals surface area contributed by atoms with Crippen LogP contribution >= 0.6 is 11.5 Å². The van der Waals surface area contributed by atoms with Crippen LogP contribution in [0.3, 0.4) is 0 Å². The Morgan fingerprint density at radius 3 is 2.74 bits per heavy atom. The molecule has 0 saturated heterocycles. The molecule has 0 radical (unpaired) electrons. The number of carbonyl (C=O) groups excluding carboxylic acids is 1. The van der Waals surface area contributed by atoms with Crippen molar-refractivity contribution in [1.29, 1.82) is 0 Å². The summed E-state index contributed by atoms with van der Waals surface area (Å²) in [5, 5.41) is 3.89. The second-order valence-electron chi connectivity index (χ2n) is 5.68. The second kappa shape index (κ2) is 7.04. The third-order valence-electron chi connectivity index (χ3n) is 4.06. The van der Waals surface area contributed by atoms with E-state index < -0.39 is 0 Å². The lowest BCUT2D eigenvalue weighted by molar-refractivity contribution is -0.121. The van der Waals surface area contributed by atoms with Crippen molar-refractivity contribution in [3.63, 3.8) is 0 Å². The van der Waals surface area contributed by atoms with E-state index in [1.54, 1.807) is 0 Å². The van der Waals surface area contributed by atoms with E-state index in [4.69, 9.17) is 0 Å². The third-order valence-corrected chi connectivity index (χ3v) is 4.85. The van der Waals surface area contributed by atoms with Crippen molar-refractivity contribution in [2.24, 2.45) is 11.8 Å². The largest absolute Gasteiger partial charge is 0.316 e. The summed E-state index contributed by atoms with van der Waals surface area (Å²) in [6.07, 6.45) is 8.52. The fourth-order valence-corrected chi connectivity index (χ4v) is 3.52. The van der Waals surface area contributed by atoms with Gasteiger partial charge < -0.3 is 5.32 Å². The van der Waals surface area contributed by atoms with Crippen LogP contribution in [0.2, 0.25) is 0 Å². The van der Waals surface area contributed by atoms with Gasteiger partial charge >= 0.3 is 0 Å². The highest BCUT2D eigenvalue weighted by Crippen LogP contribution is 2.32. The molecule has 1 fully saturated rings. The number of rotatable bonds is 5. The van der Waals surface area contributed by atoms with Gasteiger partial charge in [0.2, 0.25) is 5.91 Å². The molecule has 0 spiro atoms. The number of nitrogens with zero attached hydrogens (tertiary/aromatic N) is 1. The van der Waals surface area contributed by atoms with E-state index in [-0.39, 0.29) is 11.8 Å². The normalized spacial score (nSPS) is 23.3. The molecular formula is C15H24N2OS. The summed E-state index contributed by atoms with van der Waals surface area (Å²) >= 11 is 1.37. The van der Waals surface area contributed by atoms with Crippen molar-refractivity contribution >= 4 is 22.4 Å². The van der Waals surface area contributed by atoms with Gasteiger partial charge in [0.15, 0.2) is 0 Å². The van der Waals surface area contributed by atoms with Gasteiger partial charge in [-0.3, -0.25) is 4.79 Å². The smallest absolute Gasteiger partial charge is 0.228 e. The Labute approximate surface area is 120 Å². The number of anilines is 1. The highest BCUT2D eigenvalue weighted by molar-refractivity contribution is 7.10. The van der Waals surface area contributed by atoms with Gasteiger partial charge in [0.25, 0.3) is 0 Å². The predicted octanol–water partition coefficient (Wildman–Crippen LogP) is 4.39.